The maximum Gasteiger partial charge on any atom is 0.306 e. The topological polar surface area (TPSA) is 83.6 Å². The van der Waals surface area contributed by atoms with Gasteiger partial charge >= 0.3 is 5.92 Å². The van der Waals surface area contributed by atoms with Crippen LogP contribution in [0.1, 0.15) is 28.4 Å². The minimum absolute atomic E-state index is 0.265. The van der Waals surface area contributed by atoms with E-state index in [2.05, 4.69) is 10.3 Å². The van der Waals surface area contributed by atoms with E-state index in [9.17, 15) is 23.1 Å². The summed E-state index contributed by atoms with van der Waals surface area (Å²) in [6.07, 6.45) is -0.209. The highest BCUT2D eigenvalue weighted by Gasteiger charge is 2.33. The lowest BCUT2D eigenvalue weighted by molar-refractivity contribution is -0.0469. The zero-order chi connectivity index (χ0) is 30.2. The van der Waals surface area contributed by atoms with E-state index in [0.29, 0.717) is 41.8 Å². The number of aliphatic hydroxyl groups excluding tert-OH is 1. The predicted octanol–water partition coefficient (Wildman–Crippen LogP) is 6.28. The van der Waals surface area contributed by atoms with Crippen LogP contribution in [0.5, 0.6) is 11.5 Å². The summed E-state index contributed by atoms with van der Waals surface area (Å²) >= 11 is 0. The number of H-pyrrole nitrogens is 1. The van der Waals surface area contributed by atoms with Gasteiger partial charge in [0, 0.05) is 23.6 Å². The quantitative estimate of drug-likeness (QED) is 0.141. The van der Waals surface area contributed by atoms with Gasteiger partial charge in [0.25, 0.3) is 0 Å². The van der Waals surface area contributed by atoms with Crippen molar-refractivity contribution in [1.82, 2.24) is 10.3 Å². The zero-order valence-electron chi connectivity index (χ0n) is 23.2. The molecule has 3 N–H and O–H groups in total. The van der Waals surface area contributed by atoms with Crippen molar-refractivity contribution in [1.29, 1.82) is 0 Å². The summed E-state index contributed by atoms with van der Waals surface area (Å²) in [5.74, 6) is -3.26. The summed E-state index contributed by atoms with van der Waals surface area (Å²) in [7, 11) is 0. The van der Waals surface area contributed by atoms with Gasteiger partial charge in [-0.1, -0.05) is 60.7 Å². The maximum atomic E-state index is 14.4. The van der Waals surface area contributed by atoms with Crippen LogP contribution >= 0.6 is 0 Å². The van der Waals surface area contributed by atoms with E-state index in [1.54, 1.807) is 42.5 Å². The summed E-state index contributed by atoms with van der Waals surface area (Å²) in [4.78, 5) is 14.9. The number of rotatable bonds is 13. The molecule has 0 radical (unpaired) electrons. The molecule has 4 aromatic carbocycles. The number of halogens is 3. The van der Waals surface area contributed by atoms with Gasteiger partial charge in [-0.15, -0.1) is 0 Å². The minimum Gasteiger partial charge on any atom is -0.487 e. The zero-order valence-corrected chi connectivity index (χ0v) is 23.2. The number of aromatic nitrogens is 1. The fourth-order valence-corrected chi connectivity index (χ4v) is 4.70. The normalized spacial score (nSPS) is 12.3. The SMILES string of the molecule is O=c1ccc2c([C@H](O)CNCCc3ccc(OCC(F)(F)c4cccc(F)c4)cc3)ccc(OCc3ccccc3)c2[nH]1. The molecule has 0 aliphatic carbocycles. The highest BCUT2D eigenvalue weighted by atomic mass is 19.3. The molecular weight excluding hydrogens is 557 g/mol. The summed E-state index contributed by atoms with van der Waals surface area (Å²) in [6.45, 7) is 0.263. The minimum atomic E-state index is -3.33. The van der Waals surface area contributed by atoms with Gasteiger partial charge in [0.15, 0.2) is 6.61 Å². The van der Waals surface area contributed by atoms with Crippen molar-refractivity contribution in [3.8, 4) is 11.5 Å². The number of hydrogen-bond acceptors (Lipinski definition) is 5. The van der Waals surface area contributed by atoms with E-state index in [4.69, 9.17) is 9.47 Å². The third kappa shape index (κ3) is 7.82. The number of aromatic amines is 1. The molecule has 9 heteroatoms. The first-order valence-electron chi connectivity index (χ1n) is 13.9. The van der Waals surface area contributed by atoms with Gasteiger partial charge in [0.05, 0.1) is 11.6 Å². The molecule has 5 rings (SSSR count). The maximum absolute atomic E-state index is 14.4. The number of hydrogen-bond donors (Lipinski definition) is 3. The molecule has 0 aliphatic rings. The molecule has 222 valence electrons. The molecule has 0 bridgehead atoms. The molecule has 0 unspecified atom stereocenters. The number of nitrogens with one attached hydrogen (secondary N) is 2. The summed E-state index contributed by atoms with van der Waals surface area (Å²) < 4.78 is 53.3. The van der Waals surface area contributed by atoms with E-state index in [0.717, 1.165) is 23.3 Å². The van der Waals surface area contributed by atoms with Gasteiger partial charge in [-0.25, -0.2) is 4.39 Å². The molecular formula is C34H31F3N2O4. The Balaban J connectivity index is 1.13. The Bertz CT molecular complexity index is 1710. The summed E-state index contributed by atoms with van der Waals surface area (Å²) in [5, 5.41) is 14.9. The van der Waals surface area contributed by atoms with Crippen molar-refractivity contribution in [2.75, 3.05) is 19.7 Å². The molecule has 0 fully saturated rings. The van der Waals surface area contributed by atoms with Crippen LogP contribution in [0.25, 0.3) is 10.9 Å². The second-order valence-corrected chi connectivity index (χ2v) is 10.2. The second kappa shape index (κ2) is 13.6. The molecule has 0 amide bonds. The van der Waals surface area contributed by atoms with Crippen LogP contribution in [0.4, 0.5) is 13.2 Å². The third-order valence-electron chi connectivity index (χ3n) is 7.01. The number of aliphatic hydroxyl groups is 1. The van der Waals surface area contributed by atoms with Gasteiger partial charge in [-0.05, 0) is 66.1 Å². The van der Waals surface area contributed by atoms with E-state index < -0.39 is 30.0 Å². The standard InChI is InChI=1S/C34H31F3N2O4/c35-26-8-4-7-25(19-26)34(36,37)22-43-27-11-9-23(10-12-27)17-18-38-20-30(40)28-13-15-31(33-29(28)14-16-32(41)39-33)42-21-24-5-2-1-3-6-24/h1-16,19,30,38,40H,17-18,20-22H2,(H,39,41)/t30-/m1/s1. The molecule has 0 saturated heterocycles. The summed E-state index contributed by atoms with van der Waals surface area (Å²) in [5.41, 5.74) is 2.42. The predicted molar refractivity (Wildman–Crippen MR) is 159 cm³/mol. The number of benzene rings is 4. The lowest BCUT2D eigenvalue weighted by atomic mass is 10.0. The smallest absolute Gasteiger partial charge is 0.306 e. The lowest BCUT2D eigenvalue weighted by Crippen LogP contribution is -2.24. The van der Waals surface area contributed by atoms with Crippen LogP contribution in [-0.4, -0.2) is 29.8 Å². The Kier molecular flexibility index (Phi) is 9.44. The van der Waals surface area contributed by atoms with Crippen molar-refractivity contribution in [3.05, 3.63) is 142 Å². The highest BCUT2D eigenvalue weighted by molar-refractivity contribution is 5.87. The molecule has 5 aromatic rings. The molecule has 6 nitrogen and oxygen atoms in total. The first kappa shape index (κ1) is 29.9. The van der Waals surface area contributed by atoms with Crippen molar-refractivity contribution in [2.24, 2.45) is 0 Å². The average Bonchev–Trinajstić information content (AvgIpc) is 3.02. The van der Waals surface area contributed by atoms with E-state index in [-0.39, 0.29) is 17.9 Å². The van der Waals surface area contributed by atoms with Gasteiger partial charge in [-0.3, -0.25) is 4.79 Å². The Morgan fingerprint density at radius 2 is 1.65 bits per heavy atom. The molecule has 1 heterocycles. The number of alkyl halides is 2. The van der Waals surface area contributed by atoms with Crippen LogP contribution in [0, 0.1) is 5.82 Å². The van der Waals surface area contributed by atoms with E-state index >= 15 is 0 Å². The lowest BCUT2D eigenvalue weighted by Gasteiger charge is -2.18. The molecule has 0 aliphatic heterocycles. The van der Waals surface area contributed by atoms with Gasteiger partial charge in [0.1, 0.15) is 23.9 Å². The highest BCUT2D eigenvalue weighted by Crippen LogP contribution is 2.31. The number of ether oxygens (including phenoxy) is 2. The molecule has 1 aromatic heterocycles. The van der Waals surface area contributed by atoms with Crippen LogP contribution in [0.15, 0.2) is 108 Å². The van der Waals surface area contributed by atoms with Crippen LogP contribution in [0.3, 0.4) is 0 Å². The van der Waals surface area contributed by atoms with Crippen molar-refractivity contribution < 1.29 is 27.8 Å². The van der Waals surface area contributed by atoms with Crippen LogP contribution in [0.2, 0.25) is 0 Å². The summed E-state index contributed by atoms with van der Waals surface area (Å²) in [6, 6.07) is 27.4. The first-order chi connectivity index (χ1) is 20.8. The van der Waals surface area contributed by atoms with Crippen molar-refractivity contribution >= 4 is 10.9 Å². The number of pyridine rings is 1. The van der Waals surface area contributed by atoms with Gasteiger partial charge in [0.2, 0.25) is 5.56 Å². The third-order valence-corrected chi connectivity index (χ3v) is 7.01. The Hall–Kier alpha value is -4.60. The Morgan fingerprint density at radius 3 is 2.42 bits per heavy atom. The molecule has 1 atom stereocenters. The van der Waals surface area contributed by atoms with Crippen LogP contribution in [-0.2, 0) is 19.0 Å². The van der Waals surface area contributed by atoms with Crippen LogP contribution < -0.4 is 20.3 Å². The molecule has 43 heavy (non-hydrogen) atoms. The largest absolute Gasteiger partial charge is 0.487 e. The molecule has 0 spiro atoms. The Morgan fingerprint density at radius 1 is 0.860 bits per heavy atom. The first-order valence-corrected chi connectivity index (χ1v) is 13.9. The van der Waals surface area contributed by atoms with Gasteiger partial charge < -0.3 is 24.9 Å². The fraction of sp³-hybridized carbons (Fsp3) is 0.206. The van der Waals surface area contributed by atoms with E-state index in [1.165, 1.54) is 18.2 Å². The number of fused-ring (bicyclic) bond motifs is 1. The van der Waals surface area contributed by atoms with Gasteiger partial charge in [-0.2, -0.15) is 8.78 Å². The average molecular weight is 589 g/mol. The fourth-order valence-electron chi connectivity index (χ4n) is 4.70. The Labute approximate surface area is 246 Å². The monoisotopic (exact) mass is 588 g/mol. The second-order valence-electron chi connectivity index (χ2n) is 10.2. The van der Waals surface area contributed by atoms with E-state index in [1.807, 2.05) is 30.3 Å². The van der Waals surface area contributed by atoms with Crippen molar-refractivity contribution in [2.45, 2.75) is 25.1 Å². The molecule has 0 saturated carbocycles. The van der Waals surface area contributed by atoms with Crippen molar-refractivity contribution in [3.63, 3.8) is 0 Å².